The lowest BCUT2D eigenvalue weighted by Gasteiger charge is -2.36. The Kier molecular flexibility index (Phi) is 6.83. The molecule has 0 aromatic carbocycles. The van der Waals surface area contributed by atoms with Gasteiger partial charge in [0.05, 0.1) is 6.04 Å². The third-order valence-electron chi connectivity index (χ3n) is 4.17. The first kappa shape index (κ1) is 21.5. The minimum atomic E-state index is -1.04. The van der Waals surface area contributed by atoms with E-state index >= 15 is 0 Å². The molecule has 144 valence electrons. The van der Waals surface area contributed by atoms with Crippen LogP contribution >= 0.6 is 0 Å². The zero-order valence-electron chi connectivity index (χ0n) is 15.6. The van der Waals surface area contributed by atoms with Gasteiger partial charge >= 0.3 is 5.97 Å². The van der Waals surface area contributed by atoms with E-state index in [1.807, 2.05) is 13.8 Å². The molecule has 1 aliphatic rings. The van der Waals surface area contributed by atoms with E-state index in [0.29, 0.717) is 12.7 Å². The molecular formula is C18H26N2O6. The maximum absolute atomic E-state index is 12.5. The summed E-state index contributed by atoms with van der Waals surface area (Å²) in [5.74, 6) is -2.18. The smallest absolute Gasteiger partial charge is 0.303 e. The Balaban J connectivity index is 2.71. The van der Waals surface area contributed by atoms with E-state index in [1.165, 1.54) is 12.2 Å². The van der Waals surface area contributed by atoms with Crippen LogP contribution in [0.4, 0.5) is 0 Å². The van der Waals surface area contributed by atoms with Gasteiger partial charge in [-0.25, -0.2) is 0 Å². The summed E-state index contributed by atoms with van der Waals surface area (Å²) in [6, 6.07) is -0.869. The Labute approximate surface area is 152 Å². The van der Waals surface area contributed by atoms with Crippen molar-refractivity contribution in [1.29, 1.82) is 0 Å². The molecule has 0 aliphatic carbocycles. The predicted octanol–water partition coefficient (Wildman–Crippen LogP) is 0.902. The number of hydrogen-bond donors (Lipinski definition) is 2. The largest absolute Gasteiger partial charge is 0.481 e. The van der Waals surface area contributed by atoms with Gasteiger partial charge in [-0.2, -0.15) is 0 Å². The van der Waals surface area contributed by atoms with Crippen LogP contribution < -0.4 is 5.32 Å². The van der Waals surface area contributed by atoms with Gasteiger partial charge in [0.15, 0.2) is 0 Å². The van der Waals surface area contributed by atoms with E-state index in [2.05, 4.69) is 5.32 Å². The van der Waals surface area contributed by atoms with Crippen molar-refractivity contribution < 1.29 is 29.1 Å². The summed E-state index contributed by atoms with van der Waals surface area (Å²) in [5, 5.41) is 11.3. The van der Waals surface area contributed by atoms with Crippen molar-refractivity contribution in [3.8, 4) is 0 Å². The summed E-state index contributed by atoms with van der Waals surface area (Å²) in [7, 11) is 0. The van der Waals surface area contributed by atoms with Gasteiger partial charge in [0, 0.05) is 30.5 Å². The molecule has 1 atom stereocenters. The molecule has 26 heavy (non-hydrogen) atoms. The monoisotopic (exact) mass is 366 g/mol. The van der Waals surface area contributed by atoms with Crippen molar-refractivity contribution in [3.05, 3.63) is 12.2 Å². The number of carbonyl (C=O) groups is 5. The summed E-state index contributed by atoms with van der Waals surface area (Å²) < 4.78 is 0. The molecule has 0 bridgehead atoms. The van der Waals surface area contributed by atoms with Gasteiger partial charge in [0.1, 0.15) is 6.29 Å². The Morgan fingerprint density at radius 3 is 2.19 bits per heavy atom. The summed E-state index contributed by atoms with van der Waals surface area (Å²) in [4.78, 5) is 58.8. The first-order valence-electron chi connectivity index (χ1n) is 8.39. The highest BCUT2D eigenvalue weighted by Gasteiger charge is 2.38. The molecule has 0 aromatic heterocycles. The highest BCUT2D eigenvalue weighted by Crippen LogP contribution is 2.35. The molecule has 0 radical (unpaired) electrons. The number of nitrogens with zero attached hydrogens (tertiary/aromatic N) is 1. The van der Waals surface area contributed by atoms with Crippen LogP contribution in [0.5, 0.6) is 0 Å². The third-order valence-corrected chi connectivity index (χ3v) is 4.17. The lowest BCUT2D eigenvalue weighted by Crippen LogP contribution is -2.47. The number of carboxylic acids is 1. The fraction of sp³-hybridized carbons (Fsp3) is 0.611. The quantitative estimate of drug-likeness (QED) is 0.438. The summed E-state index contributed by atoms with van der Waals surface area (Å²) in [6.45, 7) is 7.28. The number of aliphatic carboxylic acids is 1. The number of amides is 3. The zero-order chi connectivity index (χ0) is 20.1. The minimum Gasteiger partial charge on any atom is -0.481 e. The van der Waals surface area contributed by atoms with Crippen molar-refractivity contribution >= 4 is 30.0 Å². The Morgan fingerprint density at radius 2 is 1.73 bits per heavy atom. The maximum atomic E-state index is 12.5. The highest BCUT2D eigenvalue weighted by atomic mass is 16.4. The van der Waals surface area contributed by atoms with Crippen molar-refractivity contribution in [2.45, 2.75) is 53.0 Å². The average molecular weight is 366 g/mol. The molecule has 0 saturated carbocycles. The van der Waals surface area contributed by atoms with Crippen molar-refractivity contribution in [3.63, 3.8) is 0 Å². The van der Waals surface area contributed by atoms with Gasteiger partial charge in [0.25, 0.3) is 11.8 Å². The Hall–Kier alpha value is -2.51. The average Bonchev–Trinajstić information content (AvgIpc) is 2.81. The molecule has 0 fully saturated rings. The molecule has 0 aromatic rings. The minimum absolute atomic E-state index is 0.0203. The molecule has 2 N–H and O–H groups in total. The van der Waals surface area contributed by atoms with Crippen LogP contribution in [-0.4, -0.2) is 52.6 Å². The molecule has 0 unspecified atom stereocenters. The van der Waals surface area contributed by atoms with Crippen LogP contribution in [0.2, 0.25) is 0 Å². The van der Waals surface area contributed by atoms with Crippen molar-refractivity contribution in [2.75, 3.05) is 6.54 Å². The second kappa shape index (κ2) is 8.25. The fourth-order valence-electron chi connectivity index (χ4n) is 3.16. The van der Waals surface area contributed by atoms with E-state index in [0.717, 1.165) is 4.90 Å². The molecule has 0 spiro atoms. The molecule has 1 aliphatic heterocycles. The first-order chi connectivity index (χ1) is 11.9. The molecule has 8 nitrogen and oxygen atoms in total. The maximum Gasteiger partial charge on any atom is 0.303 e. The number of nitrogens with one attached hydrogen (secondary N) is 1. The highest BCUT2D eigenvalue weighted by molar-refractivity contribution is 6.12. The predicted molar refractivity (Wildman–Crippen MR) is 92.9 cm³/mol. The molecule has 3 amide bonds. The topological polar surface area (TPSA) is 121 Å². The van der Waals surface area contributed by atoms with E-state index in [1.54, 1.807) is 13.8 Å². The van der Waals surface area contributed by atoms with E-state index in [4.69, 9.17) is 5.11 Å². The fourth-order valence-corrected chi connectivity index (χ4v) is 3.16. The van der Waals surface area contributed by atoms with Crippen LogP contribution in [0.1, 0.15) is 47.0 Å². The van der Waals surface area contributed by atoms with Gasteiger partial charge in [-0.05, 0) is 18.3 Å². The molecule has 1 rings (SSSR count). The number of carbonyl (C=O) groups excluding carboxylic acids is 4. The van der Waals surface area contributed by atoms with E-state index in [9.17, 15) is 24.0 Å². The van der Waals surface area contributed by atoms with Crippen molar-refractivity contribution in [2.24, 2.45) is 10.8 Å². The SMILES string of the molecule is CC(C)(CN1C(=O)C=CC1=O)CC(C)(C)C(=O)N[C@H](C=O)CCC(=O)O. The molecular weight excluding hydrogens is 340 g/mol. The lowest BCUT2D eigenvalue weighted by atomic mass is 9.74. The standard InChI is InChI=1S/C18H26N2O6/c1-17(2,11-20-13(22)6-7-14(20)23)10-18(3,4)16(26)19-12(9-21)5-8-15(24)25/h6-7,9,12H,5,8,10-11H2,1-4H3,(H,19,26)(H,24,25)/t12-/m0/s1. The molecule has 0 saturated heterocycles. The number of imide groups is 1. The van der Waals surface area contributed by atoms with Gasteiger partial charge in [-0.15, -0.1) is 0 Å². The third kappa shape index (κ3) is 6.09. The summed E-state index contributed by atoms with van der Waals surface area (Å²) >= 11 is 0. The second-order valence-corrected chi connectivity index (χ2v) is 7.97. The van der Waals surface area contributed by atoms with Crippen LogP contribution in [0.3, 0.4) is 0 Å². The van der Waals surface area contributed by atoms with Crippen molar-refractivity contribution in [1.82, 2.24) is 10.2 Å². The van der Waals surface area contributed by atoms with Gasteiger partial charge in [-0.3, -0.25) is 24.1 Å². The second-order valence-electron chi connectivity index (χ2n) is 7.97. The summed E-state index contributed by atoms with van der Waals surface area (Å²) in [6.07, 6.45) is 3.11. The molecule has 8 heteroatoms. The van der Waals surface area contributed by atoms with Crippen LogP contribution in [0.15, 0.2) is 12.2 Å². The number of aldehydes is 1. The normalized spacial score (nSPS) is 15.9. The van der Waals surface area contributed by atoms with Gasteiger partial charge < -0.3 is 15.2 Å². The number of hydrogen-bond acceptors (Lipinski definition) is 5. The van der Waals surface area contributed by atoms with Crippen LogP contribution in [-0.2, 0) is 24.0 Å². The number of rotatable bonds is 10. The molecule has 1 heterocycles. The number of carboxylic acid groups (broad SMARTS) is 1. The summed E-state index contributed by atoms with van der Waals surface area (Å²) in [5.41, 5.74) is -1.41. The zero-order valence-corrected chi connectivity index (χ0v) is 15.6. The van der Waals surface area contributed by atoms with E-state index in [-0.39, 0.29) is 37.1 Å². The van der Waals surface area contributed by atoms with Gasteiger partial charge in [0.2, 0.25) is 5.91 Å². The van der Waals surface area contributed by atoms with Crippen LogP contribution in [0, 0.1) is 10.8 Å². The first-order valence-corrected chi connectivity index (χ1v) is 8.39. The Bertz CT molecular complexity index is 618. The van der Waals surface area contributed by atoms with Crippen LogP contribution in [0.25, 0.3) is 0 Å². The van der Waals surface area contributed by atoms with E-state index < -0.39 is 22.8 Å². The lowest BCUT2D eigenvalue weighted by molar-refractivity contribution is -0.140. The van der Waals surface area contributed by atoms with Gasteiger partial charge in [-0.1, -0.05) is 27.7 Å². The Morgan fingerprint density at radius 1 is 1.19 bits per heavy atom.